The Balaban J connectivity index is 1.65. The molecule has 0 saturated heterocycles. The average molecular weight is 469 g/mol. The van der Waals surface area contributed by atoms with Crippen LogP contribution >= 0.6 is 0 Å². The van der Waals surface area contributed by atoms with Gasteiger partial charge in [-0.15, -0.1) is 0 Å². The van der Waals surface area contributed by atoms with Gasteiger partial charge in [0.2, 0.25) is 10.0 Å². The number of fused-ring (bicyclic) bond motifs is 1. The zero-order chi connectivity index (χ0) is 23.8. The van der Waals surface area contributed by atoms with Crippen LogP contribution in [0.5, 0.6) is 0 Å². The number of sulfonamides is 1. The van der Waals surface area contributed by atoms with Gasteiger partial charge in [-0.2, -0.15) is 5.10 Å². The maximum atomic E-state index is 14.1. The molecular formula is C23H25FN6O2S. The normalized spacial score (nSPS) is 11.8. The second-order valence-corrected chi connectivity index (χ2v) is 9.56. The molecule has 33 heavy (non-hydrogen) atoms. The van der Waals surface area contributed by atoms with Crippen LogP contribution in [0.15, 0.2) is 47.4 Å². The summed E-state index contributed by atoms with van der Waals surface area (Å²) in [6.45, 7) is 5.41. The molecular weight excluding hydrogens is 443 g/mol. The number of aromatic nitrogens is 4. The second kappa shape index (κ2) is 8.87. The molecule has 0 aliphatic heterocycles. The molecule has 2 N–H and O–H groups in total. The van der Waals surface area contributed by atoms with Crippen molar-refractivity contribution in [1.29, 1.82) is 0 Å². The van der Waals surface area contributed by atoms with Crippen molar-refractivity contribution >= 4 is 26.7 Å². The van der Waals surface area contributed by atoms with Crippen molar-refractivity contribution in [3.8, 4) is 0 Å². The number of hydrogen-bond donors (Lipinski definition) is 2. The molecule has 4 rings (SSSR count). The Hall–Kier alpha value is -3.37. The van der Waals surface area contributed by atoms with Crippen molar-refractivity contribution in [3.63, 3.8) is 0 Å². The second-order valence-electron chi connectivity index (χ2n) is 7.85. The predicted molar refractivity (Wildman–Crippen MR) is 125 cm³/mol. The molecule has 0 aliphatic carbocycles. The number of para-hydroxylation sites is 1. The fraction of sp³-hybridized carbons (Fsp3) is 0.261. The van der Waals surface area contributed by atoms with Crippen LogP contribution in [0.1, 0.15) is 28.3 Å². The third-order valence-electron chi connectivity index (χ3n) is 5.51. The van der Waals surface area contributed by atoms with Crippen molar-refractivity contribution in [1.82, 2.24) is 24.5 Å². The van der Waals surface area contributed by atoms with E-state index < -0.39 is 10.0 Å². The zero-order valence-electron chi connectivity index (χ0n) is 18.8. The molecule has 0 fully saturated rings. The summed E-state index contributed by atoms with van der Waals surface area (Å²) in [5.41, 5.74) is 3.09. The van der Waals surface area contributed by atoms with Crippen molar-refractivity contribution in [3.05, 3.63) is 76.6 Å². The molecule has 8 nitrogen and oxygen atoms in total. The lowest BCUT2D eigenvalue weighted by atomic mass is 10.1. The summed E-state index contributed by atoms with van der Waals surface area (Å²) in [7, 11) is -2.12. The van der Waals surface area contributed by atoms with Crippen LogP contribution in [0, 0.1) is 26.6 Å². The Bertz CT molecular complexity index is 1450. The fourth-order valence-electron chi connectivity index (χ4n) is 3.75. The van der Waals surface area contributed by atoms with Gasteiger partial charge >= 0.3 is 0 Å². The van der Waals surface area contributed by atoms with Crippen LogP contribution in [0.25, 0.3) is 10.9 Å². The number of nitrogens with zero attached hydrogens (tertiary/aromatic N) is 4. The van der Waals surface area contributed by atoms with E-state index in [1.807, 2.05) is 25.1 Å². The third-order valence-corrected chi connectivity index (χ3v) is 7.16. The van der Waals surface area contributed by atoms with E-state index in [1.54, 1.807) is 39.1 Å². The molecule has 2 aromatic carbocycles. The maximum Gasteiger partial charge on any atom is 0.244 e. The average Bonchev–Trinajstić information content (AvgIpc) is 3.04. The van der Waals surface area contributed by atoms with Gasteiger partial charge in [0.05, 0.1) is 23.4 Å². The quantitative estimate of drug-likeness (QED) is 0.430. The molecule has 0 amide bonds. The maximum absolute atomic E-state index is 14.1. The Morgan fingerprint density at radius 3 is 2.45 bits per heavy atom. The third kappa shape index (κ3) is 4.57. The minimum atomic E-state index is -3.82. The number of aryl methyl sites for hydroxylation is 3. The summed E-state index contributed by atoms with van der Waals surface area (Å²) in [5.74, 6) is 0.500. The highest BCUT2D eigenvalue weighted by atomic mass is 32.2. The first-order chi connectivity index (χ1) is 15.7. The SMILES string of the molecule is Cc1nn(C)c(C)c1S(=O)(=O)NCc1nc(NCc2ccccc2F)c2cccc(C)c2n1. The molecule has 0 unspecified atom stereocenters. The Labute approximate surface area is 191 Å². The smallest absolute Gasteiger partial charge is 0.244 e. The van der Waals surface area contributed by atoms with Gasteiger partial charge in [0.15, 0.2) is 0 Å². The van der Waals surface area contributed by atoms with E-state index in [0.29, 0.717) is 34.1 Å². The van der Waals surface area contributed by atoms with Gasteiger partial charge in [0, 0.05) is 24.5 Å². The van der Waals surface area contributed by atoms with Crippen molar-refractivity contribution in [2.24, 2.45) is 7.05 Å². The minimum Gasteiger partial charge on any atom is -0.365 e. The summed E-state index contributed by atoms with van der Waals surface area (Å²) in [6.07, 6.45) is 0. The first-order valence-corrected chi connectivity index (χ1v) is 11.9. The number of anilines is 1. The highest BCUT2D eigenvalue weighted by Gasteiger charge is 2.24. The van der Waals surface area contributed by atoms with Gasteiger partial charge in [-0.25, -0.2) is 27.5 Å². The number of rotatable bonds is 7. The van der Waals surface area contributed by atoms with E-state index in [0.717, 1.165) is 10.9 Å². The molecule has 0 radical (unpaired) electrons. The van der Waals surface area contributed by atoms with Gasteiger partial charge in [0.25, 0.3) is 0 Å². The summed E-state index contributed by atoms with van der Waals surface area (Å²) < 4.78 is 44.1. The zero-order valence-corrected chi connectivity index (χ0v) is 19.7. The Kier molecular flexibility index (Phi) is 6.13. The van der Waals surface area contributed by atoms with E-state index in [1.165, 1.54) is 10.7 Å². The largest absolute Gasteiger partial charge is 0.365 e. The van der Waals surface area contributed by atoms with Crippen LogP contribution in [-0.2, 0) is 30.2 Å². The number of hydrogen-bond acceptors (Lipinski definition) is 6. The standard InChI is InChI=1S/C23H25FN6O2S/c1-14-8-7-10-18-21(14)27-20(28-23(18)25-12-17-9-5-6-11-19(17)24)13-26-33(31,32)22-15(2)29-30(4)16(22)3/h5-11,26H,12-13H2,1-4H3,(H,25,27,28). The molecule has 10 heteroatoms. The molecule has 172 valence electrons. The van der Waals surface area contributed by atoms with E-state index in [4.69, 9.17) is 0 Å². The Morgan fingerprint density at radius 1 is 1.00 bits per heavy atom. The van der Waals surface area contributed by atoms with Crippen molar-refractivity contribution in [2.75, 3.05) is 5.32 Å². The van der Waals surface area contributed by atoms with E-state index in [9.17, 15) is 12.8 Å². The molecule has 2 heterocycles. The van der Waals surface area contributed by atoms with Gasteiger partial charge in [0.1, 0.15) is 22.4 Å². The molecule has 0 bridgehead atoms. The lowest BCUT2D eigenvalue weighted by Crippen LogP contribution is -2.25. The van der Waals surface area contributed by atoms with E-state index in [2.05, 4.69) is 25.1 Å². The summed E-state index contributed by atoms with van der Waals surface area (Å²) >= 11 is 0. The monoisotopic (exact) mass is 468 g/mol. The summed E-state index contributed by atoms with van der Waals surface area (Å²) in [6, 6.07) is 12.2. The molecule has 0 spiro atoms. The van der Waals surface area contributed by atoms with Crippen LogP contribution in [0.4, 0.5) is 10.2 Å². The van der Waals surface area contributed by atoms with E-state index in [-0.39, 0.29) is 23.8 Å². The number of benzene rings is 2. The predicted octanol–water partition coefficient (Wildman–Crippen LogP) is 3.52. The van der Waals surface area contributed by atoms with Crippen molar-refractivity contribution in [2.45, 2.75) is 38.8 Å². The highest BCUT2D eigenvalue weighted by Crippen LogP contribution is 2.24. The van der Waals surface area contributed by atoms with Crippen LogP contribution < -0.4 is 10.0 Å². The molecule has 0 atom stereocenters. The van der Waals surface area contributed by atoms with Crippen molar-refractivity contribution < 1.29 is 12.8 Å². The van der Waals surface area contributed by atoms with Gasteiger partial charge < -0.3 is 5.32 Å². The topological polar surface area (TPSA) is 102 Å². The van der Waals surface area contributed by atoms with Gasteiger partial charge in [-0.05, 0) is 38.5 Å². The number of halogens is 1. The minimum absolute atomic E-state index is 0.102. The van der Waals surface area contributed by atoms with Crippen LogP contribution in [0.2, 0.25) is 0 Å². The first-order valence-electron chi connectivity index (χ1n) is 10.4. The van der Waals surface area contributed by atoms with E-state index >= 15 is 0 Å². The summed E-state index contributed by atoms with van der Waals surface area (Å²) in [4.78, 5) is 9.28. The fourth-order valence-corrected chi connectivity index (χ4v) is 5.17. The van der Waals surface area contributed by atoms with Crippen LogP contribution in [0.3, 0.4) is 0 Å². The van der Waals surface area contributed by atoms with Gasteiger partial charge in [-0.3, -0.25) is 4.68 Å². The highest BCUT2D eigenvalue weighted by molar-refractivity contribution is 7.89. The lowest BCUT2D eigenvalue weighted by molar-refractivity contribution is 0.577. The molecule has 0 aliphatic rings. The Morgan fingerprint density at radius 2 is 1.76 bits per heavy atom. The molecule has 4 aromatic rings. The lowest BCUT2D eigenvalue weighted by Gasteiger charge is -2.13. The molecule has 0 saturated carbocycles. The first kappa shape index (κ1) is 22.8. The summed E-state index contributed by atoms with van der Waals surface area (Å²) in [5, 5.41) is 8.14. The number of nitrogens with one attached hydrogen (secondary N) is 2. The molecule has 2 aromatic heterocycles. The van der Waals surface area contributed by atoms with Gasteiger partial charge in [-0.1, -0.05) is 30.3 Å². The van der Waals surface area contributed by atoms with Crippen LogP contribution in [-0.4, -0.2) is 28.2 Å².